The normalized spacial score (nSPS) is 18.9. The third-order valence-electron chi connectivity index (χ3n) is 4.19. The summed E-state index contributed by atoms with van der Waals surface area (Å²) in [5.41, 5.74) is 13.8. The molecule has 0 bridgehead atoms. The zero-order valence-electron chi connectivity index (χ0n) is 14.7. The number of nitrogen functional groups attached to an aromatic ring is 1. The van der Waals surface area contributed by atoms with E-state index >= 15 is 0 Å². The molecule has 6 nitrogen and oxygen atoms in total. The molecular weight excluding hydrogens is 379 g/mol. The highest BCUT2D eigenvalue weighted by atomic mass is 35.5. The Labute approximate surface area is 165 Å². The second-order valence-electron chi connectivity index (χ2n) is 6.53. The number of hydrogen-bond donors (Lipinski definition) is 3. The fourth-order valence-corrected chi connectivity index (χ4v) is 3.73. The number of hydrogen-bond acceptors (Lipinski definition) is 7. The van der Waals surface area contributed by atoms with E-state index in [-0.39, 0.29) is 24.8 Å². The Kier molecular flexibility index (Phi) is 7.87. The van der Waals surface area contributed by atoms with Crippen molar-refractivity contribution < 1.29 is 0 Å². The Balaban J connectivity index is 0.00000156. The van der Waals surface area contributed by atoms with Crippen LogP contribution >= 0.6 is 36.2 Å². The molecule has 0 aliphatic heterocycles. The van der Waals surface area contributed by atoms with Crippen molar-refractivity contribution in [1.29, 1.82) is 0 Å². The number of anilines is 2. The first-order valence-corrected chi connectivity index (χ1v) is 8.84. The third kappa shape index (κ3) is 5.17. The molecule has 25 heavy (non-hydrogen) atoms. The zero-order chi connectivity index (χ0) is 16.6. The molecule has 140 valence electrons. The van der Waals surface area contributed by atoms with E-state index in [1.165, 1.54) is 9.88 Å². The van der Waals surface area contributed by atoms with E-state index in [0.29, 0.717) is 30.4 Å². The Morgan fingerprint density at radius 3 is 2.48 bits per heavy atom. The third-order valence-corrected chi connectivity index (χ3v) is 5.65. The van der Waals surface area contributed by atoms with E-state index in [1.807, 2.05) is 6.07 Å². The Hall–Kier alpha value is -1.15. The lowest BCUT2D eigenvalue weighted by Gasteiger charge is -2.32. The van der Waals surface area contributed by atoms with Crippen LogP contribution in [0, 0.1) is 6.92 Å². The average molecular weight is 405 g/mol. The van der Waals surface area contributed by atoms with Crippen LogP contribution in [0.3, 0.4) is 0 Å². The number of aromatic nitrogens is 3. The minimum Gasteiger partial charge on any atom is -0.368 e. The lowest BCUT2D eigenvalue weighted by molar-refractivity contribution is 0.345. The number of halogens is 2. The van der Waals surface area contributed by atoms with Gasteiger partial charge in [0.2, 0.25) is 5.95 Å². The quantitative estimate of drug-likeness (QED) is 0.702. The summed E-state index contributed by atoms with van der Waals surface area (Å²) in [5.74, 6) is 1.95. The zero-order valence-corrected chi connectivity index (χ0v) is 17.1. The highest BCUT2D eigenvalue weighted by Gasteiger charge is 2.29. The lowest BCUT2D eigenvalue weighted by Crippen LogP contribution is -2.35. The molecule has 1 fully saturated rings. The molecule has 2 aromatic heterocycles. The van der Waals surface area contributed by atoms with Crippen molar-refractivity contribution in [2.45, 2.75) is 58.0 Å². The standard InChI is InChI=1S/C16H24N6S.2ClH/c1-8(2)15-20-9(3)13(23-15)7-19-14-6-12(21-16(18)22-14)10-4-11(17)5-10;;/h6,8,10-11H,4-5,7,17H2,1-3H3,(H3,18,19,21,22);2*1H. The molecule has 0 aromatic carbocycles. The van der Waals surface area contributed by atoms with E-state index in [0.717, 1.165) is 30.0 Å². The number of nitrogens with one attached hydrogen (secondary N) is 1. The van der Waals surface area contributed by atoms with Crippen LogP contribution in [0.5, 0.6) is 0 Å². The summed E-state index contributed by atoms with van der Waals surface area (Å²) in [6.07, 6.45) is 1.95. The summed E-state index contributed by atoms with van der Waals surface area (Å²) in [6.45, 7) is 7.08. The fourth-order valence-electron chi connectivity index (χ4n) is 2.72. The van der Waals surface area contributed by atoms with Crippen LogP contribution in [0.15, 0.2) is 6.07 Å². The Morgan fingerprint density at radius 1 is 1.24 bits per heavy atom. The van der Waals surface area contributed by atoms with E-state index in [9.17, 15) is 0 Å². The monoisotopic (exact) mass is 404 g/mol. The predicted molar refractivity (Wildman–Crippen MR) is 109 cm³/mol. The van der Waals surface area contributed by atoms with Gasteiger partial charge in [-0.3, -0.25) is 0 Å². The van der Waals surface area contributed by atoms with Gasteiger partial charge in [0.25, 0.3) is 0 Å². The molecule has 2 aromatic rings. The molecule has 0 amide bonds. The van der Waals surface area contributed by atoms with Gasteiger partial charge in [-0.15, -0.1) is 36.2 Å². The van der Waals surface area contributed by atoms with Gasteiger partial charge in [-0.25, -0.2) is 9.97 Å². The maximum atomic E-state index is 5.86. The van der Waals surface area contributed by atoms with Crippen molar-refractivity contribution in [2.24, 2.45) is 5.73 Å². The number of aryl methyl sites for hydroxylation is 1. The van der Waals surface area contributed by atoms with Crippen molar-refractivity contribution in [3.8, 4) is 0 Å². The smallest absolute Gasteiger partial charge is 0.222 e. The van der Waals surface area contributed by atoms with Crippen LogP contribution in [-0.2, 0) is 6.54 Å². The minimum absolute atomic E-state index is 0. The highest BCUT2D eigenvalue weighted by Crippen LogP contribution is 2.35. The van der Waals surface area contributed by atoms with Crippen LogP contribution in [-0.4, -0.2) is 21.0 Å². The molecule has 9 heteroatoms. The van der Waals surface area contributed by atoms with E-state index < -0.39 is 0 Å². The molecule has 1 aliphatic carbocycles. The van der Waals surface area contributed by atoms with Crippen molar-refractivity contribution in [3.05, 3.63) is 27.3 Å². The van der Waals surface area contributed by atoms with Crippen LogP contribution in [0.4, 0.5) is 11.8 Å². The van der Waals surface area contributed by atoms with Crippen LogP contribution in [0.2, 0.25) is 0 Å². The van der Waals surface area contributed by atoms with Gasteiger partial charge >= 0.3 is 0 Å². The second kappa shape index (κ2) is 8.98. The van der Waals surface area contributed by atoms with Crippen LogP contribution in [0.1, 0.15) is 59.8 Å². The van der Waals surface area contributed by atoms with Crippen molar-refractivity contribution in [3.63, 3.8) is 0 Å². The molecule has 5 N–H and O–H groups in total. The number of nitrogens with zero attached hydrogens (tertiary/aromatic N) is 3. The number of thiazole rings is 1. The minimum atomic E-state index is 0. The number of nitrogens with two attached hydrogens (primary N) is 2. The Morgan fingerprint density at radius 2 is 1.92 bits per heavy atom. The summed E-state index contributed by atoms with van der Waals surface area (Å²) >= 11 is 1.75. The molecule has 3 rings (SSSR count). The molecule has 0 radical (unpaired) electrons. The largest absolute Gasteiger partial charge is 0.368 e. The van der Waals surface area contributed by atoms with Gasteiger partial charge in [0.15, 0.2) is 0 Å². The number of rotatable bonds is 5. The molecule has 0 atom stereocenters. The Bertz CT molecular complexity index is 700. The molecular formula is C16H26Cl2N6S. The van der Waals surface area contributed by atoms with Crippen molar-refractivity contribution >= 4 is 47.9 Å². The predicted octanol–water partition coefficient (Wildman–Crippen LogP) is 3.61. The van der Waals surface area contributed by atoms with Gasteiger partial charge in [0.05, 0.1) is 22.9 Å². The lowest BCUT2D eigenvalue weighted by atomic mass is 9.78. The van der Waals surface area contributed by atoms with E-state index in [2.05, 4.69) is 41.0 Å². The topological polar surface area (TPSA) is 103 Å². The molecule has 0 spiro atoms. The second-order valence-corrected chi connectivity index (χ2v) is 7.65. The van der Waals surface area contributed by atoms with Crippen LogP contribution < -0.4 is 16.8 Å². The van der Waals surface area contributed by atoms with E-state index in [4.69, 9.17) is 11.5 Å². The van der Waals surface area contributed by atoms with Gasteiger partial charge in [-0.1, -0.05) is 13.8 Å². The summed E-state index contributed by atoms with van der Waals surface area (Å²) in [5, 5.41) is 4.53. The van der Waals surface area contributed by atoms with E-state index in [1.54, 1.807) is 11.3 Å². The first kappa shape index (κ1) is 21.9. The average Bonchev–Trinajstić information content (AvgIpc) is 2.83. The maximum Gasteiger partial charge on any atom is 0.222 e. The molecule has 2 heterocycles. The van der Waals surface area contributed by atoms with Crippen molar-refractivity contribution in [2.75, 3.05) is 11.1 Å². The molecule has 0 unspecified atom stereocenters. The maximum absolute atomic E-state index is 5.86. The summed E-state index contributed by atoms with van der Waals surface area (Å²) in [4.78, 5) is 14.5. The van der Waals surface area contributed by atoms with Gasteiger partial charge in [0.1, 0.15) is 5.82 Å². The molecule has 0 saturated heterocycles. The fraction of sp³-hybridized carbons (Fsp3) is 0.562. The summed E-state index contributed by atoms with van der Waals surface area (Å²) in [6, 6.07) is 2.29. The van der Waals surface area contributed by atoms with Gasteiger partial charge in [-0.2, -0.15) is 4.98 Å². The van der Waals surface area contributed by atoms with Crippen LogP contribution in [0.25, 0.3) is 0 Å². The highest BCUT2D eigenvalue weighted by molar-refractivity contribution is 7.11. The van der Waals surface area contributed by atoms with Gasteiger partial charge in [-0.05, 0) is 19.8 Å². The molecule has 1 aliphatic rings. The van der Waals surface area contributed by atoms with Gasteiger partial charge < -0.3 is 16.8 Å². The SMILES string of the molecule is Cc1nc(C(C)C)sc1CNc1cc(C2CC(N)C2)nc(N)n1.Cl.Cl. The summed E-state index contributed by atoms with van der Waals surface area (Å²) < 4.78 is 0. The first-order valence-electron chi connectivity index (χ1n) is 8.02. The molecule has 1 saturated carbocycles. The van der Waals surface area contributed by atoms with Gasteiger partial charge in [0, 0.05) is 28.8 Å². The van der Waals surface area contributed by atoms with Crippen molar-refractivity contribution in [1.82, 2.24) is 15.0 Å². The summed E-state index contributed by atoms with van der Waals surface area (Å²) in [7, 11) is 0. The first-order chi connectivity index (χ1) is 10.9.